The van der Waals surface area contributed by atoms with Crippen LogP contribution in [-0.4, -0.2) is 10.3 Å². The quantitative estimate of drug-likeness (QED) is 0.231. The van der Waals surface area contributed by atoms with Crippen LogP contribution in [0.3, 0.4) is 0 Å². The Morgan fingerprint density at radius 2 is 1.20 bits per heavy atom. The first-order valence-corrected chi connectivity index (χ1v) is 11.4. The van der Waals surface area contributed by atoms with E-state index in [4.69, 9.17) is 0 Å². The topological polar surface area (TPSA) is 12.9 Å². The highest BCUT2D eigenvalue weighted by molar-refractivity contribution is 9.09. The van der Waals surface area contributed by atoms with E-state index < -0.39 is 0 Å². The molecule has 0 spiro atoms. The predicted molar refractivity (Wildman–Crippen MR) is 115 cm³/mol. The van der Waals surface area contributed by atoms with Crippen molar-refractivity contribution in [1.82, 2.24) is 4.98 Å². The van der Waals surface area contributed by atoms with Crippen LogP contribution >= 0.6 is 15.9 Å². The molecule has 138 valence electrons. The fraction of sp³-hybridized carbons (Fsp3) is 0.609. The first kappa shape index (κ1) is 20.4. The number of pyridine rings is 1. The molecule has 0 aliphatic rings. The number of benzene rings is 1. The maximum atomic E-state index is 4.60. The lowest BCUT2D eigenvalue weighted by Crippen LogP contribution is -1.92. The van der Waals surface area contributed by atoms with Crippen LogP contribution in [0.1, 0.15) is 82.7 Å². The van der Waals surface area contributed by atoms with Gasteiger partial charge in [0.15, 0.2) is 0 Å². The van der Waals surface area contributed by atoms with Gasteiger partial charge >= 0.3 is 0 Å². The lowest BCUT2D eigenvalue weighted by atomic mass is 10.0. The maximum Gasteiger partial charge on any atom is 0.0481 e. The average Bonchev–Trinajstić information content (AvgIpc) is 2.65. The molecule has 0 saturated carbocycles. The summed E-state index contributed by atoms with van der Waals surface area (Å²) >= 11 is 3.50. The van der Waals surface area contributed by atoms with E-state index in [1.807, 2.05) is 6.20 Å². The number of hydrogen-bond donors (Lipinski definition) is 0. The number of rotatable bonds is 14. The number of aryl methyl sites for hydroxylation is 1. The zero-order valence-electron chi connectivity index (χ0n) is 15.7. The fourth-order valence-electron chi connectivity index (χ4n) is 3.54. The average molecular weight is 404 g/mol. The Bertz CT molecular complexity index is 576. The highest BCUT2D eigenvalue weighted by atomic mass is 79.9. The van der Waals surface area contributed by atoms with Gasteiger partial charge in [-0.05, 0) is 30.7 Å². The Balaban J connectivity index is 1.46. The molecular formula is C23H34BrN. The fourth-order valence-corrected chi connectivity index (χ4v) is 3.93. The van der Waals surface area contributed by atoms with Gasteiger partial charge in [-0.25, -0.2) is 0 Å². The highest BCUT2D eigenvalue weighted by Gasteiger charge is 2.01. The van der Waals surface area contributed by atoms with Crippen molar-refractivity contribution in [3.05, 3.63) is 42.2 Å². The minimum absolute atomic E-state index is 1.12. The van der Waals surface area contributed by atoms with Crippen molar-refractivity contribution in [2.45, 2.75) is 83.5 Å². The summed E-state index contributed by atoms with van der Waals surface area (Å²) in [5.41, 5.74) is 1.28. The van der Waals surface area contributed by atoms with Crippen molar-refractivity contribution < 1.29 is 0 Å². The summed E-state index contributed by atoms with van der Waals surface area (Å²) in [6, 6.07) is 10.7. The van der Waals surface area contributed by atoms with Crippen LogP contribution in [0.4, 0.5) is 0 Å². The van der Waals surface area contributed by atoms with Gasteiger partial charge in [-0.3, -0.25) is 4.98 Å². The molecule has 2 heteroatoms. The van der Waals surface area contributed by atoms with E-state index in [2.05, 4.69) is 51.2 Å². The van der Waals surface area contributed by atoms with E-state index >= 15 is 0 Å². The number of fused-ring (bicyclic) bond motifs is 1. The smallest absolute Gasteiger partial charge is 0.0481 e. The first-order chi connectivity index (χ1) is 12.4. The molecule has 25 heavy (non-hydrogen) atoms. The summed E-state index contributed by atoms with van der Waals surface area (Å²) in [7, 11) is 0. The van der Waals surface area contributed by atoms with E-state index in [-0.39, 0.29) is 0 Å². The van der Waals surface area contributed by atoms with Crippen LogP contribution in [0.2, 0.25) is 0 Å². The summed E-state index contributed by atoms with van der Waals surface area (Å²) in [6.45, 7) is 0. The number of halogens is 1. The second-order valence-electron chi connectivity index (χ2n) is 7.16. The Morgan fingerprint density at radius 3 is 1.84 bits per heavy atom. The number of nitrogens with zero attached hydrogens (tertiary/aromatic N) is 1. The molecule has 0 bridgehead atoms. The third kappa shape index (κ3) is 8.35. The Labute approximate surface area is 162 Å². The second kappa shape index (κ2) is 13.3. The van der Waals surface area contributed by atoms with Crippen molar-refractivity contribution in [2.24, 2.45) is 0 Å². The summed E-state index contributed by atoms with van der Waals surface area (Å²) in [5.74, 6) is 0. The third-order valence-corrected chi connectivity index (χ3v) is 5.61. The Morgan fingerprint density at radius 1 is 0.640 bits per heavy atom. The molecule has 1 heterocycles. The van der Waals surface area contributed by atoms with Gasteiger partial charge in [-0.2, -0.15) is 0 Å². The van der Waals surface area contributed by atoms with Crippen LogP contribution in [0.15, 0.2) is 36.5 Å². The first-order valence-electron chi connectivity index (χ1n) is 10.3. The van der Waals surface area contributed by atoms with Gasteiger partial charge in [-0.1, -0.05) is 104 Å². The monoisotopic (exact) mass is 403 g/mol. The second-order valence-corrected chi connectivity index (χ2v) is 7.95. The Hall–Kier alpha value is -0.890. The van der Waals surface area contributed by atoms with Gasteiger partial charge in [0.2, 0.25) is 0 Å². The van der Waals surface area contributed by atoms with Crippen LogP contribution in [-0.2, 0) is 6.42 Å². The molecule has 0 unspecified atom stereocenters. The van der Waals surface area contributed by atoms with Gasteiger partial charge in [0, 0.05) is 22.6 Å². The standard InChI is InChI=1S/C23H34BrN/c24-19-14-10-8-6-4-2-1-3-5-7-9-11-17-23-22-16-13-12-15-21(22)18-20-25-23/h12-13,15-16,18,20H,1-11,14,17,19H2. The summed E-state index contributed by atoms with van der Waals surface area (Å²) in [5, 5.41) is 3.82. The minimum Gasteiger partial charge on any atom is -0.261 e. The number of unbranched alkanes of at least 4 members (excludes halogenated alkanes) is 11. The largest absolute Gasteiger partial charge is 0.261 e. The van der Waals surface area contributed by atoms with Crippen molar-refractivity contribution >= 4 is 26.7 Å². The molecule has 0 fully saturated rings. The summed E-state index contributed by atoms with van der Waals surface area (Å²) < 4.78 is 0. The van der Waals surface area contributed by atoms with E-state index in [0.29, 0.717) is 0 Å². The highest BCUT2D eigenvalue weighted by Crippen LogP contribution is 2.19. The van der Waals surface area contributed by atoms with Gasteiger partial charge in [0.1, 0.15) is 0 Å². The van der Waals surface area contributed by atoms with Crippen LogP contribution < -0.4 is 0 Å². The molecule has 0 saturated heterocycles. The third-order valence-electron chi connectivity index (χ3n) is 5.05. The molecule has 2 rings (SSSR count). The maximum absolute atomic E-state index is 4.60. The van der Waals surface area contributed by atoms with E-state index in [9.17, 15) is 0 Å². The summed E-state index contributed by atoms with van der Waals surface area (Å²) in [6.07, 6.45) is 19.8. The van der Waals surface area contributed by atoms with E-state index in [1.165, 1.54) is 98.8 Å². The predicted octanol–water partition coefficient (Wildman–Crippen LogP) is 7.85. The van der Waals surface area contributed by atoms with Crippen LogP contribution in [0.25, 0.3) is 10.8 Å². The number of hydrogen-bond acceptors (Lipinski definition) is 1. The molecule has 0 radical (unpaired) electrons. The van der Waals surface area contributed by atoms with Crippen molar-refractivity contribution in [3.8, 4) is 0 Å². The van der Waals surface area contributed by atoms with Gasteiger partial charge in [0.25, 0.3) is 0 Å². The zero-order valence-corrected chi connectivity index (χ0v) is 17.3. The van der Waals surface area contributed by atoms with Crippen LogP contribution in [0, 0.1) is 0 Å². The molecule has 1 nitrogen and oxygen atoms in total. The van der Waals surface area contributed by atoms with Crippen molar-refractivity contribution in [2.75, 3.05) is 5.33 Å². The van der Waals surface area contributed by atoms with Gasteiger partial charge in [0.05, 0.1) is 0 Å². The van der Waals surface area contributed by atoms with Gasteiger partial charge in [-0.15, -0.1) is 0 Å². The van der Waals surface area contributed by atoms with Crippen molar-refractivity contribution in [1.29, 1.82) is 0 Å². The lowest BCUT2D eigenvalue weighted by molar-refractivity contribution is 0.544. The van der Waals surface area contributed by atoms with E-state index in [1.54, 1.807) is 0 Å². The lowest BCUT2D eigenvalue weighted by Gasteiger charge is -2.06. The minimum atomic E-state index is 1.12. The molecule has 0 aliphatic carbocycles. The van der Waals surface area contributed by atoms with Crippen molar-refractivity contribution in [3.63, 3.8) is 0 Å². The molecule has 1 aromatic heterocycles. The van der Waals surface area contributed by atoms with Gasteiger partial charge < -0.3 is 0 Å². The molecule has 0 atom stereocenters. The zero-order chi connectivity index (χ0) is 17.6. The molecular weight excluding hydrogens is 370 g/mol. The summed E-state index contributed by atoms with van der Waals surface area (Å²) in [4.78, 5) is 4.60. The SMILES string of the molecule is BrCCCCCCCCCCCCCCc1nccc2ccccc12. The van der Waals surface area contributed by atoms with Crippen LogP contribution in [0.5, 0.6) is 0 Å². The Kier molecular flexibility index (Phi) is 10.9. The number of aromatic nitrogens is 1. The molecule has 1 aromatic carbocycles. The molecule has 0 aliphatic heterocycles. The molecule has 0 amide bonds. The van der Waals surface area contributed by atoms with E-state index in [0.717, 1.165) is 6.42 Å². The number of alkyl halides is 1. The molecule has 0 N–H and O–H groups in total. The molecule has 2 aromatic rings. The normalized spacial score (nSPS) is 11.2.